The Morgan fingerprint density at radius 1 is 1.67 bits per heavy atom. The van der Waals surface area contributed by atoms with Crippen LogP contribution in [0.1, 0.15) is 13.3 Å². The summed E-state index contributed by atoms with van der Waals surface area (Å²) in [7, 11) is 0. The van der Waals surface area contributed by atoms with Crippen molar-refractivity contribution in [2.24, 2.45) is 0 Å². The molecule has 0 N–H and O–H groups in total. The zero-order valence-electron chi connectivity index (χ0n) is 5.64. The number of carbonyl (C=O) groups excluding carboxylic acids is 1. The van der Waals surface area contributed by atoms with E-state index in [2.05, 4.69) is 18.2 Å². The number of ether oxygens (including phenoxy) is 1. The summed E-state index contributed by atoms with van der Waals surface area (Å²) in [6.07, 6.45) is 0.832. The Labute approximate surface area is 55.5 Å². The molecule has 51 valence electrons. The van der Waals surface area contributed by atoms with Crippen LogP contribution in [0.2, 0.25) is 0 Å². The molecule has 2 heteroatoms. The van der Waals surface area contributed by atoms with Crippen LogP contribution in [0.3, 0.4) is 0 Å². The lowest BCUT2D eigenvalue weighted by molar-refractivity contribution is -0.138. The first kappa shape index (κ1) is 8.21. The minimum atomic E-state index is -0.406. The van der Waals surface area contributed by atoms with Crippen LogP contribution in [0, 0.1) is 6.92 Å². The number of esters is 1. The zero-order valence-corrected chi connectivity index (χ0v) is 5.64. The van der Waals surface area contributed by atoms with Crippen molar-refractivity contribution in [2.75, 3.05) is 6.61 Å². The van der Waals surface area contributed by atoms with Crippen LogP contribution in [0.15, 0.2) is 12.2 Å². The molecule has 0 aromatic heterocycles. The average Bonchev–Trinajstić information content (AvgIpc) is 1.82. The third-order valence-electron chi connectivity index (χ3n) is 0.726. The lowest BCUT2D eigenvalue weighted by atomic mass is 10.4. The fourth-order valence-electron chi connectivity index (χ4n) is 0.297. The number of carbonyl (C=O) groups is 1. The van der Waals surface area contributed by atoms with E-state index < -0.39 is 5.97 Å². The lowest BCUT2D eigenvalue weighted by Gasteiger charge is -1.99. The molecule has 0 amide bonds. The topological polar surface area (TPSA) is 26.3 Å². The van der Waals surface area contributed by atoms with E-state index in [0.29, 0.717) is 6.61 Å². The van der Waals surface area contributed by atoms with Gasteiger partial charge in [0.05, 0.1) is 6.61 Å². The molecule has 0 atom stereocenters. The number of hydrogen-bond donors (Lipinski definition) is 0. The molecule has 0 aromatic rings. The molecule has 0 rings (SSSR count). The molecule has 0 saturated carbocycles. The minimum absolute atomic E-state index is 0.212. The molecule has 0 bridgehead atoms. The number of rotatable bonds is 3. The van der Waals surface area contributed by atoms with Crippen molar-refractivity contribution >= 4 is 5.97 Å². The molecule has 9 heavy (non-hydrogen) atoms. The Balaban J connectivity index is 3.39. The van der Waals surface area contributed by atoms with E-state index in [0.717, 1.165) is 6.42 Å². The molecule has 0 aromatic carbocycles. The summed E-state index contributed by atoms with van der Waals surface area (Å²) in [5, 5.41) is 0. The Hall–Kier alpha value is -0.790. The van der Waals surface area contributed by atoms with Crippen LogP contribution in [0.5, 0.6) is 0 Å². The number of hydrogen-bond acceptors (Lipinski definition) is 2. The fourth-order valence-corrected chi connectivity index (χ4v) is 0.297. The molecule has 0 spiro atoms. The Morgan fingerprint density at radius 2 is 2.22 bits per heavy atom. The first-order valence-electron chi connectivity index (χ1n) is 2.86. The minimum Gasteiger partial charge on any atom is -0.462 e. The highest BCUT2D eigenvalue weighted by Crippen LogP contribution is 1.91. The van der Waals surface area contributed by atoms with Crippen LogP contribution in [-0.2, 0) is 9.53 Å². The van der Waals surface area contributed by atoms with Crippen molar-refractivity contribution in [3.63, 3.8) is 0 Å². The molecule has 0 aliphatic carbocycles. The highest BCUT2D eigenvalue weighted by molar-refractivity contribution is 5.88. The predicted octanol–water partition coefficient (Wildman–Crippen LogP) is 1.33. The molecule has 0 aliphatic heterocycles. The second kappa shape index (κ2) is 4.13. The van der Waals surface area contributed by atoms with Crippen molar-refractivity contribution in [1.29, 1.82) is 0 Å². The van der Waals surface area contributed by atoms with E-state index in [1.807, 2.05) is 6.92 Å². The van der Waals surface area contributed by atoms with E-state index in [1.54, 1.807) is 0 Å². The van der Waals surface area contributed by atoms with Crippen LogP contribution in [0.25, 0.3) is 0 Å². The SMILES string of the molecule is [CH2]C(=C)C(=O)OCCC. The molecule has 1 radical (unpaired) electrons. The van der Waals surface area contributed by atoms with E-state index >= 15 is 0 Å². The Bertz CT molecular complexity index is 116. The standard InChI is InChI=1S/C7H11O2/c1-4-5-9-7(8)6(2)3/h2-5H2,1H3. The first-order chi connectivity index (χ1) is 4.18. The van der Waals surface area contributed by atoms with E-state index in [4.69, 9.17) is 0 Å². The molecule has 0 heterocycles. The first-order valence-corrected chi connectivity index (χ1v) is 2.86. The van der Waals surface area contributed by atoms with Crippen molar-refractivity contribution in [1.82, 2.24) is 0 Å². The Morgan fingerprint density at radius 3 is 2.56 bits per heavy atom. The lowest BCUT2D eigenvalue weighted by Crippen LogP contribution is -2.05. The van der Waals surface area contributed by atoms with Gasteiger partial charge in [-0.05, 0) is 13.3 Å². The van der Waals surface area contributed by atoms with Gasteiger partial charge in [-0.1, -0.05) is 13.5 Å². The largest absolute Gasteiger partial charge is 0.462 e. The molecule has 0 fully saturated rings. The summed E-state index contributed by atoms with van der Waals surface area (Å²) in [6.45, 7) is 9.03. The third-order valence-corrected chi connectivity index (χ3v) is 0.726. The predicted molar refractivity (Wildman–Crippen MR) is 35.7 cm³/mol. The maximum atomic E-state index is 10.5. The second-order valence-electron chi connectivity index (χ2n) is 1.74. The highest BCUT2D eigenvalue weighted by atomic mass is 16.5. The van der Waals surface area contributed by atoms with Gasteiger partial charge in [0.25, 0.3) is 0 Å². The van der Waals surface area contributed by atoms with Gasteiger partial charge in [0, 0.05) is 5.57 Å². The average molecular weight is 127 g/mol. The maximum absolute atomic E-state index is 10.5. The van der Waals surface area contributed by atoms with Gasteiger partial charge in [-0.15, -0.1) is 0 Å². The zero-order chi connectivity index (χ0) is 7.28. The molecular formula is C7H11O2. The van der Waals surface area contributed by atoms with Crippen molar-refractivity contribution in [3.8, 4) is 0 Å². The Kier molecular flexibility index (Phi) is 3.76. The smallest absolute Gasteiger partial charge is 0.333 e. The summed E-state index contributed by atoms with van der Waals surface area (Å²) in [4.78, 5) is 10.5. The van der Waals surface area contributed by atoms with E-state index in [9.17, 15) is 4.79 Å². The van der Waals surface area contributed by atoms with Crippen molar-refractivity contribution in [3.05, 3.63) is 19.1 Å². The molecule has 0 unspecified atom stereocenters. The highest BCUT2D eigenvalue weighted by Gasteiger charge is 1.99. The van der Waals surface area contributed by atoms with Gasteiger partial charge in [0.1, 0.15) is 0 Å². The summed E-state index contributed by atoms with van der Waals surface area (Å²) >= 11 is 0. The van der Waals surface area contributed by atoms with Crippen molar-refractivity contribution in [2.45, 2.75) is 13.3 Å². The van der Waals surface area contributed by atoms with Gasteiger partial charge in [-0.3, -0.25) is 0 Å². The van der Waals surface area contributed by atoms with Crippen LogP contribution < -0.4 is 0 Å². The fraction of sp³-hybridized carbons (Fsp3) is 0.429. The van der Waals surface area contributed by atoms with Crippen LogP contribution in [-0.4, -0.2) is 12.6 Å². The van der Waals surface area contributed by atoms with Gasteiger partial charge in [-0.25, -0.2) is 4.79 Å². The summed E-state index contributed by atoms with van der Waals surface area (Å²) < 4.78 is 4.65. The summed E-state index contributed by atoms with van der Waals surface area (Å²) in [6, 6.07) is 0. The summed E-state index contributed by atoms with van der Waals surface area (Å²) in [5.41, 5.74) is 0.212. The molecule has 2 nitrogen and oxygen atoms in total. The van der Waals surface area contributed by atoms with E-state index in [1.165, 1.54) is 0 Å². The van der Waals surface area contributed by atoms with Gasteiger partial charge in [-0.2, -0.15) is 0 Å². The van der Waals surface area contributed by atoms with Crippen LogP contribution >= 0.6 is 0 Å². The summed E-state index contributed by atoms with van der Waals surface area (Å²) in [5.74, 6) is -0.406. The van der Waals surface area contributed by atoms with Crippen LogP contribution in [0.4, 0.5) is 0 Å². The van der Waals surface area contributed by atoms with Gasteiger partial charge < -0.3 is 4.74 Å². The molecular weight excluding hydrogens is 116 g/mol. The van der Waals surface area contributed by atoms with Crippen molar-refractivity contribution < 1.29 is 9.53 Å². The van der Waals surface area contributed by atoms with E-state index in [-0.39, 0.29) is 5.57 Å². The second-order valence-corrected chi connectivity index (χ2v) is 1.74. The van der Waals surface area contributed by atoms with Gasteiger partial charge in [0.15, 0.2) is 0 Å². The normalized spacial score (nSPS) is 8.67. The monoisotopic (exact) mass is 127 g/mol. The van der Waals surface area contributed by atoms with Gasteiger partial charge in [0.2, 0.25) is 0 Å². The molecule has 0 saturated heterocycles. The third kappa shape index (κ3) is 3.76. The van der Waals surface area contributed by atoms with Gasteiger partial charge >= 0.3 is 5.97 Å². The quantitative estimate of drug-likeness (QED) is 0.422. The maximum Gasteiger partial charge on any atom is 0.333 e. The molecule has 0 aliphatic rings.